The number of aliphatic hydroxyl groups excluding tert-OH is 2. The molecule has 1 aromatic carbocycles. The van der Waals surface area contributed by atoms with Gasteiger partial charge in [-0.1, -0.05) is 22.0 Å². The monoisotopic (exact) mass is 318 g/mol. The molecule has 1 aromatic rings. The van der Waals surface area contributed by atoms with E-state index in [2.05, 4.69) is 15.9 Å². The van der Waals surface area contributed by atoms with Crippen molar-refractivity contribution < 1.29 is 19.7 Å². The molecule has 0 fully saturated rings. The lowest BCUT2D eigenvalue weighted by Crippen LogP contribution is -2.23. The van der Waals surface area contributed by atoms with Gasteiger partial charge in [0.2, 0.25) is 0 Å². The zero-order valence-electron chi connectivity index (χ0n) is 10.6. The van der Waals surface area contributed by atoms with Crippen molar-refractivity contribution in [3.63, 3.8) is 0 Å². The first-order valence-corrected chi connectivity index (χ1v) is 6.70. The molecule has 0 aliphatic rings. The van der Waals surface area contributed by atoms with Gasteiger partial charge in [-0.25, -0.2) is 0 Å². The van der Waals surface area contributed by atoms with Crippen LogP contribution in [0, 0.1) is 0 Å². The number of hydrogen-bond donors (Lipinski definition) is 2. The Hall–Kier alpha value is -0.620. The molecule has 0 amide bonds. The van der Waals surface area contributed by atoms with Gasteiger partial charge in [0.1, 0.15) is 18.5 Å². The lowest BCUT2D eigenvalue weighted by atomic mass is 10.1. The molecule has 0 bridgehead atoms. The second-order valence-corrected chi connectivity index (χ2v) is 4.90. The first kappa shape index (κ1) is 15.4. The summed E-state index contributed by atoms with van der Waals surface area (Å²) in [6.45, 7) is 4.48. The molecule has 0 aromatic heterocycles. The van der Waals surface area contributed by atoms with Crippen LogP contribution in [0.4, 0.5) is 0 Å². The van der Waals surface area contributed by atoms with Crippen LogP contribution in [0.5, 0.6) is 5.75 Å². The van der Waals surface area contributed by atoms with Gasteiger partial charge in [0.25, 0.3) is 0 Å². The minimum Gasteiger partial charge on any atom is -0.490 e. The fourth-order valence-corrected chi connectivity index (χ4v) is 1.81. The molecule has 0 aliphatic carbocycles. The molecule has 0 spiro atoms. The Bertz CT molecular complexity index is 368. The maximum Gasteiger partial charge on any atom is 0.126 e. The highest BCUT2D eigenvalue weighted by molar-refractivity contribution is 9.10. The Morgan fingerprint density at radius 3 is 2.61 bits per heavy atom. The normalized spacial score (nSPS) is 14.3. The van der Waals surface area contributed by atoms with E-state index in [0.717, 1.165) is 4.47 Å². The molecule has 0 saturated carbocycles. The van der Waals surface area contributed by atoms with E-state index in [9.17, 15) is 10.2 Å². The molecule has 18 heavy (non-hydrogen) atoms. The molecule has 1 rings (SSSR count). The highest BCUT2D eigenvalue weighted by atomic mass is 79.9. The SMILES string of the molecule is CCOCC(O)COc1cc(Br)ccc1C(C)O. The van der Waals surface area contributed by atoms with E-state index in [1.807, 2.05) is 13.0 Å². The summed E-state index contributed by atoms with van der Waals surface area (Å²) in [6.07, 6.45) is -1.29. The fourth-order valence-electron chi connectivity index (χ4n) is 1.47. The van der Waals surface area contributed by atoms with Crippen molar-refractivity contribution in [3.8, 4) is 5.75 Å². The van der Waals surface area contributed by atoms with Crippen LogP contribution in [0.3, 0.4) is 0 Å². The lowest BCUT2D eigenvalue weighted by Gasteiger charge is -2.16. The first-order chi connectivity index (χ1) is 8.54. The highest BCUT2D eigenvalue weighted by Gasteiger charge is 2.12. The van der Waals surface area contributed by atoms with E-state index in [0.29, 0.717) is 17.9 Å². The summed E-state index contributed by atoms with van der Waals surface area (Å²) in [5, 5.41) is 19.2. The van der Waals surface area contributed by atoms with Crippen molar-refractivity contribution in [3.05, 3.63) is 28.2 Å². The van der Waals surface area contributed by atoms with Crippen LogP contribution < -0.4 is 4.74 Å². The third kappa shape index (κ3) is 4.94. The largest absolute Gasteiger partial charge is 0.490 e. The molecular formula is C13H19BrO4. The van der Waals surface area contributed by atoms with Crippen molar-refractivity contribution in [2.45, 2.75) is 26.1 Å². The van der Waals surface area contributed by atoms with Gasteiger partial charge < -0.3 is 19.7 Å². The highest BCUT2D eigenvalue weighted by Crippen LogP contribution is 2.28. The molecule has 0 aliphatic heterocycles. The van der Waals surface area contributed by atoms with Crippen LogP contribution in [0.1, 0.15) is 25.5 Å². The molecular weight excluding hydrogens is 300 g/mol. The minimum atomic E-state index is -0.675. The summed E-state index contributed by atoms with van der Waals surface area (Å²) in [5.41, 5.74) is 0.696. The molecule has 0 saturated heterocycles. The van der Waals surface area contributed by atoms with Gasteiger partial charge >= 0.3 is 0 Å². The van der Waals surface area contributed by atoms with Crippen LogP contribution in [-0.2, 0) is 4.74 Å². The van der Waals surface area contributed by atoms with Crippen LogP contribution in [0.15, 0.2) is 22.7 Å². The number of hydrogen-bond acceptors (Lipinski definition) is 4. The standard InChI is InChI=1S/C13H19BrO4/c1-3-17-7-11(16)8-18-13-6-10(14)4-5-12(13)9(2)15/h4-6,9,11,15-16H,3,7-8H2,1-2H3. The van der Waals surface area contributed by atoms with Crippen molar-refractivity contribution in [1.82, 2.24) is 0 Å². The van der Waals surface area contributed by atoms with Gasteiger partial charge in [-0.3, -0.25) is 0 Å². The average molecular weight is 319 g/mol. The third-order valence-corrected chi connectivity index (χ3v) is 2.86. The number of benzene rings is 1. The van der Waals surface area contributed by atoms with E-state index < -0.39 is 12.2 Å². The molecule has 0 heterocycles. The smallest absolute Gasteiger partial charge is 0.126 e. The van der Waals surface area contributed by atoms with E-state index in [-0.39, 0.29) is 13.2 Å². The zero-order chi connectivity index (χ0) is 13.5. The number of ether oxygens (including phenoxy) is 2. The Morgan fingerprint density at radius 2 is 2.00 bits per heavy atom. The molecule has 2 N–H and O–H groups in total. The summed E-state index contributed by atoms with van der Waals surface area (Å²) >= 11 is 3.35. The maximum atomic E-state index is 9.62. The topological polar surface area (TPSA) is 58.9 Å². The first-order valence-electron chi connectivity index (χ1n) is 5.90. The Labute approximate surface area is 116 Å². The molecule has 0 radical (unpaired) electrons. The summed E-state index contributed by atoms with van der Waals surface area (Å²) in [4.78, 5) is 0. The minimum absolute atomic E-state index is 0.135. The van der Waals surface area contributed by atoms with Gasteiger partial charge in [0.15, 0.2) is 0 Å². The second-order valence-electron chi connectivity index (χ2n) is 3.98. The van der Waals surface area contributed by atoms with Crippen molar-refractivity contribution >= 4 is 15.9 Å². The van der Waals surface area contributed by atoms with E-state index in [1.165, 1.54) is 0 Å². The predicted molar refractivity (Wildman–Crippen MR) is 72.8 cm³/mol. The van der Waals surface area contributed by atoms with Crippen LogP contribution in [0.25, 0.3) is 0 Å². The summed E-state index contributed by atoms with van der Waals surface area (Å²) in [5.74, 6) is 0.565. The summed E-state index contributed by atoms with van der Waals surface area (Å²) < 4.78 is 11.5. The molecule has 5 heteroatoms. The zero-order valence-corrected chi connectivity index (χ0v) is 12.2. The molecule has 4 nitrogen and oxygen atoms in total. The van der Waals surface area contributed by atoms with Gasteiger partial charge in [0, 0.05) is 16.6 Å². The lowest BCUT2D eigenvalue weighted by molar-refractivity contribution is 0.0158. The Balaban J connectivity index is 2.62. The van der Waals surface area contributed by atoms with Crippen LogP contribution >= 0.6 is 15.9 Å². The quantitative estimate of drug-likeness (QED) is 0.809. The predicted octanol–water partition coefficient (Wildman–Crippen LogP) is 2.28. The summed E-state index contributed by atoms with van der Waals surface area (Å²) in [6, 6.07) is 5.40. The average Bonchev–Trinajstić information content (AvgIpc) is 2.33. The number of halogens is 1. The Kier molecular flexibility index (Phi) is 6.63. The summed E-state index contributed by atoms with van der Waals surface area (Å²) in [7, 11) is 0. The van der Waals surface area contributed by atoms with E-state index >= 15 is 0 Å². The van der Waals surface area contributed by atoms with Gasteiger partial charge in [-0.05, 0) is 26.0 Å². The van der Waals surface area contributed by atoms with Crippen molar-refractivity contribution in [1.29, 1.82) is 0 Å². The van der Waals surface area contributed by atoms with Gasteiger partial charge in [-0.15, -0.1) is 0 Å². The van der Waals surface area contributed by atoms with E-state index in [4.69, 9.17) is 9.47 Å². The number of aliphatic hydroxyl groups is 2. The van der Waals surface area contributed by atoms with Gasteiger partial charge in [0.05, 0.1) is 12.7 Å². The molecule has 2 atom stereocenters. The molecule has 2 unspecified atom stereocenters. The maximum absolute atomic E-state index is 9.62. The Morgan fingerprint density at radius 1 is 1.28 bits per heavy atom. The molecule has 102 valence electrons. The fraction of sp³-hybridized carbons (Fsp3) is 0.538. The van der Waals surface area contributed by atoms with Crippen molar-refractivity contribution in [2.75, 3.05) is 19.8 Å². The van der Waals surface area contributed by atoms with Crippen LogP contribution in [0.2, 0.25) is 0 Å². The van der Waals surface area contributed by atoms with Crippen LogP contribution in [-0.4, -0.2) is 36.1 Å². The second kappa shape index (κ2) is 7.74. The van der Waals surface area contributed by atoms with Crippen molar-refractivity contribution in [2.24, 2.45) is 0 Å². The number of rotatable bonds is 7. The third-order valence-electron chi connectivity index (χ3n) is 2.37. The van der Waals surface area contributed by atoms with Gasteiger partial charge in [-0.2, -0.15) is 0 Å². The van der Waals surface area contributed by atoms with E-state index in [1.54, 1.807) is 19.1 Å².